The molecule has 20 heavy (non-hydrogen) atoms. The van der Waals surface area contributed by atoms with E-state index in [1.54, 1.807) is 6.92 Å². The molecule has 0 fully saturated rings. The third kappa shape index (κ3) is 4.28. The lowest BCUT2D eigenvalue weighted by molar-refractivity contribution is -0.0460. The summed E-state index contributed by atoms with van der Waals surface area (Å²) in [5.41, 5.74) is -0.334. The largest absolute Gasteiger partial charge is 0.382 e. The van der Waals surface area contributed by atoms with Crippen LogP contribution in [-0.4, -0.2) is 41.4 Å². The van der Waals surface area contributed by atoms with Crippen molar-refractivity contribution in [2.75, 3.05) is 27.4 Å². The molecule has 1 aromatic carbocycles. The number of hydrogen-bond donors (Lipinski definition) is 1. The molecule has 1 atom stereocenters. The van der Waals surface area contributed by atoms with Crippen molar-refractivity contribution >= 4 is 10.0 Å². The van der Waals surface area contributed by atoms with Crippen molar-refractivity contribution in [3.63, 3.8) is 0 Å². The third-order valence-electron chi connectivity index (χ3n) is 2.87. The van der Waals surface area contributed by atoms with Crippen molar-refractivity contribution < 1.29 is 17.9 Å². The van der Waals surface area contributed by atoms with Crippen LogP contribution < -0.4 is 4.72 Å². The van der Waals surface area contributed by atoms with Crippen LogP contribution in [0.3, 0.4) is 0 Å². The molecular formula is C13H18N2O4S. The molecule has 0 amide bonds. The van der Waals surface area contributed by atoms with Gasteiger partial charge in [-0.15, -0.1) is 0 Å². The average Bonchev–Trinajstić information content (AvgIpc) is 2.46. The van der Waals surface area contributed by atoms with Gasteiger partial charge >= 0.3 is 0 Å². The van der Waals surface area contributed by atoms with Crippen LogP contribution in [0.1, 0.15) is 12.5 Å². The molecule has 1 aromatic rings. The van der Waals surface area contributed by atoms with Crippen molar-refractivity contribution in [1.82, 2.24) is 4.72 Å². The van der Waals surface area contributed by atoms with Crippen LogP contribution in [0.15, 0.2) is 29.2 Å². The number of nitriles is 1. The number of methoxy groups -OCH3 is 2. The first kappa shape index (κ1) is 16.6. The van der Waals surface area contributed by atoms with E-state index in [-0.39, 0.29) is 18.0 Å². The topological polar surface area (TPSA) is 88.4 Å². The number of nitrogens with zero attached hydrogens (tertiary/aromatic N) is 1. The monoisotopic (exact) mass is 298 g/mol. The molecule has 0 spiro atoms. The minimum atomic E-state index is -3.64. The summed E-state index contributed by atoms with van der Waals surface area (Å²) in [7, 11) is -0.627. The van der Waals surface area contributed by atoms with Gasteiger partial charge in [-0.25, -0.2) is 13.1 Å². The van der Waals surface area contributed by atoms with E-state index >= 15 is 0 Å². The molecule has 1 N–H and O–H groups in total. The van der Waals surface area contributed by atoms with Crippen LogP contribution >= 0.6 is 0 Å². The van der Waals surface area contributed by atoms with E-state index in [1.165, 1.54) is 38.5 Å². The van der Waals surface area contributed by atoms with Crippen molar-refractivity contribution in [2.45, 2.75) is 17.4 Å². The van der Waals surface area contributed by atoms with Gasteiger partial charge in [0.2, 0.25) is 10.0 Å². The molecule has 0 unspecified atom stereocenters. The fraction of sp³-hybridized carbons (Fsp3) is 0.462. The summed E-state index contributed by atoms with van der Waals surface area (Å²) < 4.78 is 36.9. The molecule has 1 rings (SSSR count). The fourth-order valence-corrected chi connectivity index (χ4v) is 2.68. The van der Waals surface area contributed by atoms with E-state index in [2.05, 4.69) is 4.72 Å². The van der Waals surface area contributed by atoms with Gasteiger partial charge in [-0.05, 0) is 31.2 Å². The van der Waals surface area contributed by atoms with Gasteiger partial charge in [0.05, 0.1) is 23.1 Å². The Kier molecular flexibility index (Phi) is 5.65. The highest BCUT2D eigenvalue weighted by atomic mass is 32.2. The molecule has 0 aliphatic heterocycles. The van der Waals surface area contributed by atoms with Gasteiger partial charge in [0.25, 0.3) is 0 Å². The number of rotatable bonds is 7. The first-order valence-electron chi connectivity index (χ1n) is 5.91. The quantitative estimate of drug-likeness (QED) is 0.807. The molecule has 0 aromatic heterocycles. The summed E-state index contributed by atoms with van der Waals surface area (Å²) in [6.45, 7) is 2.09. The van der Waals surface area contributed by atoms with Crippen molar-refractivity contribution in [3.05, 3.63) is 29.8 Å². The molecule has 7 heteroatoms. The van der Waals surface area contributed by atoms with Crippen LogP contribution in [0, 0.1) is 11.3 Å². The van der Waals surface area contributed by atoms with Gasteiger partial charge in [-0.1, -0.05) is 0 Å². The molecule has 0 radical (unpaired) electrons. The molecule has 110 valence electrons. The summed E-state index contributed by atoms with van der Waals surface area (Å²) in [4.78, 5) is 0.104. The van der Waals surface area contributed by atoms with E-state index < -0.39 is 15.6 Å². The lowest BCUT2D eigenvalue weighted by Crippen LogP contribution is -2.45. The zero-order chi connectivity index (χ0) is 15.2. The summed E-state index contributed by atoms with van der Waals surface area (Å²) in [5.74, 6) is 0. The van der Waals surface area contributed by atoms with E-state index in [4.69, 9.17) is 14.7 Å². The van der Waals surface area contributed by atoms with E-state index in [1.807, 2.05) is 6.07 Å². The Balaban J connectivity index is 2.82. The zero-order valence-electron chi connectivity index (χ0n) is 11.7. The summed E-state index contributed by atoms with van der Waals surface area (Å²) >= 11 is 0. The highest BCUT2D eigenvalue weighted by Crippen LogP contribution is 2.13. The normalized spacial score (nSPS) is 14.5. The standard InChI is InChI=1S/C13H18N2O4S/c1-13(19-3,10-18-2)9-15-20(16,17)12-6-4-11(8-14)5-7-12/h4-7,15H,9-10H2,1-3H3/t13-/m0/s1. The van der Waals surface area contributed by atoms with Crippen LogP contribution in [0.25, 0.3) is 0 Å². The van der Waals surface area contributed by atoms with Crippen LogP contribution in [0.2, 0.25) is 0 Å². The number of nitrogens with one attached hydrogen (secondary N) is 1. The third-order valence-corrected chi connectivity index (χ3v) is 4.29. The first-order valence-corrected chi connectivity index (χ1v) is 7.39. The molecule has 0 heterocycles. The van der Waals surface area contributed by atoms with Gasteiger partial charge in [0.15, 0.2) is 0 Å². The number of sulfonamides is 1. The van der Waals surface area contributed by atoms with Crippen molar-refractivity contribution in [3.8, 4) is 6.07 Å². The number of ether oxygens (including phenoxy) is 2. The predicted molar refractivity (Wildman–Crippen MR) is 73.6 cm³/mol. The van der Waals surface area contributed by atoms with E-state index in [9.17, 15) is 8.42 Å². The highest BCUT2D eigenvalue weighted by molar-refractivity contribution is 7.89. The molecular weight excluding hydrogens is 280 g/mol. The lowest BCUT2D eigenvalue weighted by atomic mass is 10.1. The van der Waals surface area contributed by atoms with E-state index in [0.29, 0.717) is 5.56 Å². The molecule has 0 aliphatic rings. The Morgan fingerprint density at radius 2 is 1.90 bits per heavy atom. The second-order valence-corrected chi connectivity index (χ2v) is 6.31. The van der Waals surface area contributed by atoms with Gasteiger partial charge in [-0.2, -0.15) is 5.26 Å². The van der Waals surface area contributed by atoms with Crippen LogP contribution in [0.4, 0.5) is 0 Å². The molecule has 6 nitrogen and oxygen atoms in total. The minimum absolute atomic E-state index is 0.0830. The summed E-state index contributed by atoms with van der Waals surface area (Å²) in [5, 5.41) is 8.69. The van der Waals surface area contributed by atoms with Gasteiger partial charge in [0, 0.05) is 20.8 Å². The molecule has 0 bridgehead atoms. The second-order valence-electron chi connectivity index (χ2n) is 4.55. The van der Waals surface area contributed by atoms with Crippen molar-refractivity contribution in [2.24, 2.45) is 0 Å². The maximum Gasteiger partial charge on any atom is 0.240 e. The van der Waals surface area contributed by atoms with Gasteiger partial charge in [-0.3, -0.25) is 0 Å². The Labute approximate surface area is 119 Å². The number of hydrogen-bond acceptors (Lipinski definition) is 5. The zero-order valence-corrected chi connectivity index (χ0v) is 12.5. The summed E-state index contributed by atoms with van der Waals surface area (Å²) in [6.07, 6.45) is 0. The van der Waals surface area contributed by atoms with Gasteiger partial charge < -0.3 is 9.47 Å². The maximum atomic E-state index is 12.1. The van der Waals surface area contributed by atoms with Gasteiger partial charge in [0.1, 0.15) is 5.60 Å². The smallest absolute Gasteiger partial charge is 0.240 e. The van der Waals surface area contributed by atoms with Crippen LogP contribution in [0.5, 0.6) is 0 Å². The van der Waals surface area contributed by atoms with Crippen molar-refractivity contribution in [1.29, 1.82) is 5.26 Å². The SMILES string of the molecule is COC[C@](C)(CNS(=O)(=O)c1ccc(C#N)cc1)OC. The fourth-order valence-electron chi connectivity index (χ4n) is 1.53. The Morgan fingerprint density at radius 3 is 2.35 bits per heavy atom. The number of benzene rings is 1. The van der Waals surface area contributed by atoms with E-state index in [0.717, 1.165) is 0 Å². The maximum absolute atomic E-state index is 12.1. The second kappa shape index (κ2) is 6.81. The highest BCUT2D eigenvalue weighted by Gasteiger charge is 2.26. The average molecular weight is 298 g/mol. The molecule has 0 saturated carbocycles. The van der Waals surface area contributed by atoms with Crippen LogP contribution in [-0.2, 0) is 19.5 Å². The minimum Gasteiger partial charge on any atom is -0.382 e. The summed E-state index contributed by atoms with van der Waals surface area (Å²) in [6, 6.07) is 7.63. The Hall–Kier alpha value is -1.46. The first-order chi connectivity index (χ1) is 9.37. The Bertz CT molecular complexity index is 577. The Morgan fingerprint density at radius 1 is 1.30 bits per heavy atom. The molecule has 0 saturated heterocycles. The molecule has 0 aliphatic carbocycles. The lowest BCUT2D eigenvalue weighted by Gasteiger charge is -2.27. The predicted octanol–water partition coefficient (Wildman–Crippen LogP) is 0.888.